The minimum atomic E-state index is -0.543. The van der Waals surface area contributed by atoms with Crippen LogP contribution in [0.3, 0.4) is 0 Å². The smallest absolute Gasteiger partial charge is 0.248 e. The van der Waals surface area contributed by atoms with E-state index in [1.54, 1.807) is 0 Å². The number of nitrogens with two attached hydrogens (primary N) is 1. The van der Waals surface area contributed by atoms with E-state index < -0.39 is 12.0 Å². The van der Waals surface area contributed by atoms with Crippen LogP contribution >= 0.6 is 0 Å². The number of carbonyl (C=O) groups excluding carboxylic acids is 1. The van der Waals surface area contributed by atoms with Gasteiger partial charge in [0.1, 0.15) is 0 Å². The fourth-order valence-corrected chi connectivity index (χ4v) is 1.20. The molecule has 0 radical (unpaired) electrons. The largest absolute Gasteiger partial charge is 0.373 e. The van der Waals surface area contributed by atoms with Crippen molar-refractivity contribution < 1.29 is 14.3 Å². The molecule has 0 aromatic carbocycles. The minimum Gasteiger partial charge on any atom is -0.373 e. The minimum absolute atomic E-state index is 0.144. The summed E-state index contributed by atoms with van der Waals surface area (Å²) in [5.41, 5.74) is 5.04. The first-order valence-electron chi connectivity index (χ1n) is 4.26. The molecule has 4 nitrogen and oxygen atoms in total. The molecule has 0 aliphatic carbocycles. The summed E-state index contributed by atoms with van der Waals surface area (Å²) in [6.45, 7) is 2.88. The molecule has 1 aliphatic rings. The predicted molar refractivity (Wildman–Crippen MR) is 43.6 cm³/mol. The number of ether oxygens (including phenoxy) is 2. The Morgan fingerprint density at radius 3 is 2.67 bits per heavy atom. The van der Waals surface area contributed by atoms with Gasteiger partial charge in [0.2, 0.25) is 5.91 Å². The van der Waals surface area contributed by atoms with E-state index in [9.17, 15) is 4.79 Å². The number of hydrogen-bond acceptors (Lipinski definition) is 3. The van der Waals surface area contributed by atoms with Crippen molar-refractivity contribution in [3.63, 3.8) is 0 Å². The monoisotopic (exact) mass is 173 g/mol. The van der Waals surface area contributed by atoms with Crippen LogP contribution in [-0.2, 0) is 14.3 Å². The summed E-state index contributed by atoms with van der Waals surface area (Å²) in [5, 5.41) is 0. The number of carbonyl (C=O) groups is 1. The molecule has 70 valence electrons. The van der Waals surface area contributed by atoms with Gasteiger partial charge in [-0.15, -0.1) is 0 Å². The molecule has 0 aromatic heterocycles. The van der Waals surface area contributed by atoms with Crippen LogP contribution in [-0.4, -0.2) is 31.3 Å². The van der Waals surface area contributed by atoms with E-state index in [0.717, 1.165) is 12.8 Å². The van der Waals surface area contributed by atoms with Gasteiger partial charge in [0, 0.05) is 0 Å². The van der Waals surface area contributed by atoms with Gasteiger partial charge in [-0.05, 0) is 6.42 Å². The summed E-state index contributed by atoms with van der Waals surface area (Å²) in [7, 11) is 0. The molecule has 0 spiro atoms. The molecule has 1 amide bonds. The zero-order valence-corrected chi connectivity index (χ0v) is 7.29. The Morgan fingerprint density at radius 2 is 2.25 bits per heavy atom. The van der Waals surface area contributed by atoms with Crippen LogP contribution in [0.1, 0.15) is 19.8 Å². The Bertz CT molecular complexity index is 152. The quantitative estimate of drug-likeness (QED) is 0.656. The number of rotatable bonds is 3. The van der Waals surface area contributed by atoms with Crippen molar-refractivity contribution in [2.24, 2.45) is 5.73 Å². The summed E-state index contributed by atoms with van der Waals surface area (Å²) >= 11 is 0. The van der Waals surface area contributed by atoms with Crippen LogP contribution in [0.5, 0.6) is 0 Å². The first-order chi connectivity index (χ1) is 5.74. The molecule has 1 rings (SSSR count). The summed E-state index contributed by atoms with van der Waals surface area (Å²) in [6.07, 6.45) is 1.64. The highest BCUT2D eigenvalue weighted by Gasteiger charge is 2.25. The molecular weight excluding hydrogens is 158 g/mol. The second kappa shape index (κ2) is 4.42. The molecule has 1 aliphatic heterocycles. The average Bonchev–Trinajstić information content (AvgIpc) is 2.06. The highest BCUT2D eigenvalue weighted by molar-refractivity contribution is 5.79. The summed E-state index contributed by atoms with van der Waals surface area (Å²) in [4.78, 5) is 10.6. The van der Waals surface area contributed by atoms with E-state index in [-0.39, 0.29) is 6.10 Å². The van der Waals surface area contributed by atoms with Gasteiger partial charge in [-0.25, -0.2) is 0 Å². The van der Waals surface area contributed by atoms with Crippen LogP contribution in [0.4, 0.5) is 0 Å². The maximum atomic E-state index is 10.6. The Hall–Kier alpha value is -0.610. The van der Waals surface area contributed by atoms with E-state index in [2.05, 4.69) is 6.92 Å². The highest BCUT2D eigenvalue weighted by Crippen LogP contribution is 2.11. The van der Waals surface area contributed by atoms with Gasteiger partial charge >= 0.3 is 0 Å². The molecule has 0 aromatic rings. The SMILES string of the molecule is CCCC1COC(C(N)=O)CO1. The fourth-order valence-electron chi connectivity index (χ4n) is 1.20. The zero-order valence-electron chi connectivity index (χ0n) is 7.29. The van der Waals surface area contributed by atoms with Gasteiger partial charge in [0.25, 0.3) is 0 Å². The molecular formula is C8H15NO3. The van der Waals surface area contributed by atoms with Gasteiger partial charge in [0.05, 0.1) is 19.3 Å². The summed E-state index contributed by atoms with van der Waals surface area (Å²) in [5.74, 6) is -0.440. The van der Waals surface area contributed by atoms with E-state index in [1.807, 2.05) is 0 Å². The van der Waals surface area contributed by atoms with Crippen molar-refractivity contribution in [2.75, 3.05) is 13.2 Å². The standard InChI is InChI=1S/C8H15NO3/c1-2-3-6-4-12-7(5-11-6)8(9)10/h6-7H,2-5H2,1H3,(H2,9,10). The average molecular weight is 173 g/mol. The van der Waals surface area contributed by atoms with Gasteiger partial charge in [0.15, 0.2) is 6.10 Å². The van der Waals surface area contributed by atoms with Crippen molar-refractivity contribution >= 4 is 5.91 Å². The molecule has 1 fully saturated rings. The van der Waals surface area contributed by atoms with Crippen LogP contribution in [0, 0.1) is 0 Å². The summed E-state index contributed by atoms with van der Waals surface area (Å²) in [6, 6.07) is 0. The molecule has 12 heavy (non-hydrogen) atoms. The lowest BCUT2D eigenvalue weighted by Gasteiger charge is -2.27. The van der Waals surface area contributed by atoms with Crippen LogP contribution < -0.4 is 5.73 Å². The normalized spacial score (nSPS) is 30.1. The first kappa shape index (κ1) is 9.48. The van der Waals surface area contributed by atoms with Crippen molar-refractivity contribution in [3.8, 4) is 0 Å². The molecule has 1 saturated heterocycles. The third kappa shape index (κ3) is 2.46. The maximum Gasteiger partial charge on any atom is 0.248 e. The Balaban J connectivity index is 2.25. The van der Waals surface area contributed by atoms with E-state index in [1.165, 1.54) is 0 Å². The predicted octanol–water partition coefficient (Wildman–Crippen LogP) is 0.0558. The van der Waals surface area contributed by atoms with Crippen LogP contribution in [0.2, 0.25) is 0 Å². The van der Waals surface area contributed by atoms with Gasteiger partial charge in [-0.2, -0.15) is 0 Å². The van der Waals surface area contributed by atoms with Gasteiger partial charge in [-0.3, -0.25) is 4.79 Å². The number of hydrogen-bond donors (Lipinski definition) is 1. The topological polar surface area (TPSA) is 61.5 Å². The third-order valence-electron chi connectivity index (χ3n) is 1.89. The first-order valence-corrected chi connectivity index (χ1v) is 4.26. The molecule has 2 atom stereocenters. The summed E-state index contributed by atoms with van der Waals surface area (Å²) < 4.78 is 10.6. The van der Waals surface area contributed by atoms with Crippen molar-refractivity contribution in [1.29, 1.82) is 0 Å². The molecule has 0 saturated carbocycles. The Kier molecular flexibility index (Phi) is 3.49. The van der Waals surface area contributed by atoms with Crippen LogP contribution in [0.25, 0.3) is 0 Å². The molecule has 1 heterocycles. The second-order valence-corrected chi connectivity index (χ2v) is 2.97. The lowest BCUT2D eigenvalue weighted by atomic mass is 10.2. The molecule has 4 heteroatoms. The van der Waals surface area contributed by atoms with Crippen molar-refractivity contribution in [1.82, 2.24) is 0 Å². The fraction of sp³-hybridized carbons (Fsp3) is 0.875. The van der Waals surface area contributed by atoms with Gasteiger partial charge < -0.3 is 15.2 Å². The highest BCUT2D eigenvalue weighted by atomic mass is 16.6. The number of primary amides is 1. The molecule has 0 bridgehead atoms. The van der Waals surface area contributed by atoms with Gasteiger partial charge in [-0.1, -0.05) is 13.3 Å². The lowest BCUT2D eigenvalue weighted by Crippen LogP contribution is -2.43. The lowest BCUT2D eigenvalue weighted by molar-refractivity contribution is -0.158. The zero-order chi connectivity index (χ0) is 8.97. The van der Waals surface area contributed by atoms with E-state index in [4.69, 9.17) is 15.2 Å². The van der Waals surface area contributed by atoms with E-state index in [0.29, 0.717) is 13.2 Å². The van der Waals surface area contributed by atoms with Crippen molar-refractivity contribution in [3.05, 3.63) is 0 Å². The Labute approximate surface area is 72.0 Å². The second-order valence-electron chi connectivity index (χ2n) is 2.97. The molecule has 2 unspecified atom stereocenters. The number of amides is 1. The Morgan fingerprint density at radius 1 is 1.50 bits per heavy atom. The third-order valence-corrected chi connectivity index (χ3v) is 1.89. The van der Waals surface area contributed by atoms with Crippen molar-refractivity contribution in [2.45, 2.75) is 32.0 Å². The molecule has 2 N–H and O–H groups in total. The maximum absolute atomic E-state index is 10.6. The van der Waals surface area contributed by atoms with Crippen LogP contribution in [0.15, 0.2) is 0 Å². The van der Waals surface area contributed by atoms with E-state index >= 15 is 0 Å².